The molecule has 0 spiro atoms. The first-order chi connectivity index (χ1) is 14.2. The number of methoxy groups -OCH3 is 1. The molecule has 160 valence electrons. The lowest BCUT2D eigenvalue weighted by Gasteiger charge is -2.32. The number of carbonyl (C=O) groups excluding carboxylic acids is 1. The molecule has 30 heavy (non-hydrogen) atoms. The van der Waals surface area contributed by atoms with Crippen LogP contribution >= 0.6 is 0 Å². The van der Waals surface area contributed by atoms with Crippen molar-refractivity contribution in [2.75, 3.05) is 25.6 Å². The monoisotopic (exact) mass is 412 g/mol. The van der Waals surface area contributed by atoms with Gasteiger partial charge in [0.25, 0.3) is 0 Å². The van der Waals surface area contributed by atoms with E-state index in [1.165, 1.54) is 0 Å². The van der Waals surface area contributed by atoms with Gasteiger partial charge in [-0.1, -0.05) is 18.2 Å². The molecule has 1 aliphatic heterocycles. The van der Waals surface area contributed by atoms with E-state index >= 15 is 0 Å². The van der Waals surface area contributed by atoms with Crippen LogP contribution in [-0.4, -0.2) is 44.6 Å². The van der Waals surface area contributed by atoms with Gasteiger partial charge >= 0.3 is 13.1 Å². The highest BCUT2D eigenvalue weighted by molar-refractivity contribution is 6.62. The van der Waals surface area contributed by atoms with Crippen LogP contribution < -0.4 is 25.6 Å². The molecule has 1 saturated heterocycles. The van der Waals surface area contributed by atoms with Crippen molar-refractivity contribution in [1.29, 1.82) is 0 Å². The summed E-state index contributed by atoms with van der Waals surface area (Å²) in [6.07, 6.45) is 0. The second kappa shape index (κ2) is 8.98. The predicted octanol–water partition coefficient (Wildman–Crippen LogP) is 3.19. The first-order valence-corrected chi connectivity index (χ1v) is 9.97. The smallest absolute Gasteiger partial charge is 0.494 e. The summed E-state index contributed by atoms with van der Waals surface area (Å²) >= 11 is 0. The Morgan fingerprint density at radius 3 is 2.30 bits per heavy atom. The van der Waals surface area contributed by atoms with E-state index in [0.717, 1.165) is 5.46 Å². The van der Waals surface area contributed by atoms with Crippen LogP contribution in [0.25, 0.3) is 0 Å². The Kier molecular flexibility index (Phi) is 6.58. The van der Waals surface area contributed by atoms with Crippen LogP contribution in [0.3, 0.4) is 0 Å². The minimum absolute atomic E-state index is 0.303. The molecule has 1 aliphatic rings. The van der Waals surface area contributed by atoms with Gasteiger partial charge in [0.05, 0.1) is 24.9 Å². The van der Waals surface area contributed by atoms with E-state index in [9.17, 15) is 4.79 Å². The third kappa shape index (κ3) is 5.26. The molecule has 2 aromatic rings. The van der Waals surface area contributed by atoms with Crippen molar-refractivity contribution in [3.05, 3.63) is 48.5 Å². The largest absolute Gasteiger partial charge is 0.497 e. The number of benzene rings is 2. The Hall–Kier alpha value is -2.71. The summed E-state index contributed by atoms with van der Waals surface area (Å²) in [6.45, 7) is 8.84. The lowest BCUT2D eigenvalue weighted by atomic mass is 9.79. The van der Waals surface area contributed by atoms with E-state index in [1.807, 2.05) is 64.1 Å². The number of nitrogens with one attached hydrogen (secondary N) is 2. The van der Waals surface area contributed by atoms with Gasteiger partial charge in [-0.25, -0.2) is 4.79 Å². The molecule has 1 heterocycles. The van der Waals surface area contributed by atoms with Gasteiger partial charge in [0, 0.05) is 11.8 Å². The van der Waals surface area contributed by atoms with E-state index in [1.54, 1.807) is 19.2 Å². The maximum atomic E-state index is 12.0. The number of amides is 2. The van der Waals surface area contributed by atoms with E-state index in [4.69, 9.17) is 18.8 Å². The van der Waals surface area contributed by atoms with Gasteiger partial charge in [0.2, 0.25) is 0 Å². The second-order valence-electron chi connectivity index (χ2n) is 8.12. The third-order valence-electron chi connectivity index (χ3n) is 5.39. The van der Waals surface area contributed by atoms with Crippen molar-refractivity contribution in [3.8, 4) is 11.5 Å². The van der Waals surface area contributed by atoms with Gasteiger partial charge in [0.15, 0.2) is 0 Å². The maximum Gasteiger partial charge on any atom is 0.494 e. The van der Waals surface area contributed by atoms with Crippen LogP contribution in [0, 0.1) is 0 Å². The normalized spacial score (nSPS) is 16.8. The SMILES string of the molecule is COc1cccc(NC(=O)NCCOc2ccc(B3OC(C)(C)C(C)(C)O3)cc2)c1. The quantitative estimate of drug-likeness (QED) is 0.540. The molecule has 0 saturated carbocycles. The lowest BCUT2D eigenvalue weighted by Crippen LogP contribution is -2.41. The van der Waals surface area contributed by atoms with Gasteiger partial charge < -0.3 is 29.4 Å². The number of carbonyl (C=O) groups is 1. The Morgan fingerprint density at radius 2 is 1.67 bits per heavy atom. The molecule has 7 nitrogen and oxygen atoms in total. The molecular formula is C22H29BN2O5. The Labute approximate surface area is 178 Å². The zero-order valence-electron chi connectivity index (χ0n) is 18.2. The molecule has 0 aromatic heterocycles. The Morgan fingerprint density at radius 1 is 1.00 bits per heavy atom. The third-order valence-corrected chi connectivity index (χ3v) is 5.39. The van der Waals surface area contributed by atoms with Crippen molar-refractivity contribution >= 4 is 24.3 Å². The fourth-order valence-electron chi connectivity index (χ4n) is 2.91. The van der Waals surface area contributed by atoms with Gasteiger partial charge in [-0.2, -0.15) is 0 Å². The van der Waals surface area contributed by atoms with Crippen molar-refractivity contribution in [2.24, 2.45) is 0 Å². The molecule has 8 heteroatoms. The highest BCUT2D eigenvalue weighted by Crippen LogP contribution is 2.36. The first-order valence-electron chi connectivity index (χ1n) is 9.97. The fourth-order valence-corrected chi connectivity index (χ4v) is 2.91. The van der Waals surface area contributed by atoms with Gasteiger partial charge in [0.1, 0.15) is 18.1 Å². The number of hydrogen-bond acceptors (Lipinski definition) is 5. The number of anilines is 1. The molecule has 2 N–H and O–H groups in total. The molecule has 1 fully saturated rings. The van der Waals surface area contributed by atoms with Crippen LogP contribution in [0.4, 0.5) is 10.5 Å². The number of hydrogen-bond donors (Lipinski definition) is 2. The number of ether oxygens (including phenoxy) is 2. The molecule has 3 rings (SSSR count). The Bertz CT molecular complexity index is 854. The second-order valence-corrected chi connectivity index (χ2v) is 8.12. The minimum atomic E-state index is -0.397. The van der Waals surface area contributed by atoms with E-state index in [0.29, 0.717) is 30.3 Å². The molecule has 0 unspecified atom stereocenters. The fraction of sp³-hybridized carbons (Fsp3) is 0.409. The lowest BCUT2D eigenvalue weighted by molar-refractivity contribution is 0.00578. The van der Waals surface area contributed by atoms with Crippen LogP contribution in [0.15, 0.2) is 48.5 Å². The minimum Gasteiger partial charge on any atom is -0.497 e. The average Bonchev–Trinajstić information content (AvgIpc) is 2.93. The molecular weight excluding hydrogens is 383 g/mol. The highest BCUT2D eigenvalue weighted by atomic mass is 16.7. The molecule has 0 atom stereocenters. The van der Waals surface area contributed by atoms with E-state index in [2.05, 4.69) is 10.6 Å². The van der Waals surface area contributed by atoms with Crippen LogP contribution in [0.5, 0.6) is 11.5 Å². The van der Waals surface area contributed by atoms with Gasteiger partial charge in [-0.3, -0.25) is 0 Å². The van der Waals surface area contributed by atoms with Crippen molar-refractivity contribution in [1.82, 2.24) is 5.32 Å². The number of rotatable bonds is 7. The van der Waals surface area contributed by atoms with E-state index < -0.39 is 7.12 Å². The zero-order valence-corrected chi connectivity index (χ0v) is 18.2. The summed E-state index contributed by atoms with van der Waals surface area (Å²) < 4.78 is 22.9. The maximum absolute atomic E-state index is 12.0. The van der Waals surface area contributed by atoms with Crippen molar-refractivity contribution < 1.29 is 23.6 Å². The summed E-state index contributed by atoms with van der Waals surface area (Å²) in [5, 5.41) is 5.51. The highest BCUT2D eigenvalue weighted by Gasteiger charge is 2.51. The molecule has 0 bridgehead atoms. The summed E-state index contributed by atoms with van der Waals surface area (Å²) in [4.78, 5) is 12.0. The van der Waals surface area contributed by atoms with Crippen LogP contribution in [0.1, 0.15) is 27.7 Å². The molecule has 0 aliphatic carbocycles. The Balaban J connectivity index is 1.42. The van der Waals surface area contributed by atoms with Crippen LogP contribution in [0.2, 0.25) is 0 Å². The summed E-state index contributed by atoms with van der Waals surface area (Å²) in [7, 11) is 1.18. The molecule has 2 aromatic carbocycles. The van der Waals surface area contributed by atoms with Crippen LogP contribution in [-0.2, 0) is 9.31 Å². The first kappa shape index (κ1) is 22.0. The summed E-state index contributed by atoms with van der Waals surface area (Å²) in [5.41, 5.74) is 0.858. The zero-order chi connectivity index (χ0) is 21.8. The summed E-state index contributed by atoms with van der Waals surface area (Å²) in [5.74, 6) is 1.39. The standard InChI is InChI=1S/C22H29BN2O5/c1-21(2)22(3,4)30-23(29-21)16-9-11-18(12-10-16)28-14-13-24-20(26)25-17-7-6-8-19(15-17)27-5/h6-12,15H,13-14H2,1-5H3,(H2,24,25,26). The molecule has 2 amide bonds. The predicted molar refractivity (Wildman–Crippen MR) is 118 cm³/mol. The molecule has 0 radical (unpaired) electrons. The van der Waals surface area contributed by atoms with Gasteiger partial charge in [-0.05, 0) is 57.4 Å². The average molecular weight is 412 g/mol. The van der Waals surface area contributed by atoms with Crippen molar-refractivity contribution in [3.63, 3.8) is 0 Å². The number of urea groups is 1. The van der Waals surface area contributed by atoms with E-state index in [-0.39, 0.29) is 17.2 Å². The topological polar surface area (TPSA) is 78.1 Å². The van der Waals surface area contributed by atoms with Crippen molar-refractivity contribution in [2.45, 2.75) is 38.9 Å². The summed E-state index contributed by atoms with van der Waals surface area (Å²) in [6, 6.07) is 14.5. The van der Waals surface area contributed by atoms with Gasteiger partial charge in [-0.15, -0.1) is 0 Å².